The van der Waals surface area contributed by atoms with E-state index >= 15 is 0 Å². The molecule has 4 rings (SSSR count). The van der Waals surface area contributed by atoms with Gasteiger partial charge in [0, 0.05) is 31.0 Å². The highest BCUT2D eigenvalue weighted by Gasteiger charge is 2.34. The maximum atomic E-state index is 13.7. The van der Waals surface area contributed by atoms with Crippen molar-refractivity contribution in [1.29, 1.82) is 0 Å². The van der Waals surface area contributed by atoms with Crippen LogP contribution in [0.4, 0.5) is 0 Å². The molecule has 1 fully saturated rings. The van der Waals surface area contributed by atoms with E-state index in [4.69, 9.17) is 14.2 Å². The maximum Gasteiger partial charge on any atom is 0.242 e. The highest BCUT2D eigenvalue weighted by atomic mass is 32.1. The molecule has 2 aromatic rings. The van der Waals surface area contributed by atoms with Gasteiger partial charge in [0.1, 0.15) is 6.61 Å². The number of benzene rings is 1. The fourth-order valence-corrected chi connectivity index (χ4v) is 5.73. The minimum atomic E-state index is -0.216. The van der Waals surface area contributed by atoms with Gasteiger partial charge in [0.15, 0.2) is 11.5 Å². The molecular formula is C27H36N2O5S. The monoisotopic (exact) mass is 500 g/mol. The van der Waals surface area contributed by atoms with E-state index in [9.17, 15) is 9.59 Å². The molecule has 2 amide bonds. The highest BCUT2D eigenvalue weighted by molar-refractivity contribution is 7.10. The van der Waals surface area contributed by atoms with Gasteiger partial charge in [-0.15, -0.1) is 11.3 Å². The highest BCUT2D eigenvalue weighted by Crippen LogP contribution is 2.35. The van der Waals surface area contributed by atoms with Crippen LogP contribution in [0.15, 0.2) is 35.7 Å². The van der Waals surface area contributed by atoms with E-state index in [0.29, 0.717) is 37.6 Å². The summed E-state index contributed by atoms with van der Waals surface area (Å²) in [4.78, 5) is 31.6. The summed E-state index contributed by atoms with van der Waals surface area (Å²) in [6.07, 6.45) is 3.18. The summed E-state index contributed by atoms with van der Waals surface area (Å²) in [6.45, 7) is 6.24. The second kappa shape index (κ2) is 11.9. The Balaban J connectivity index is 1.50. The van der Waals surface area contributed by atoms with Crippen LogP contribution in [0.5, 0.6) is 11.5 Å². The number of methoxy groups -OCH3 is 1. The fourth-order valence-electron chi connectivity index (χ4n) is 4.80. The Bertz CT molecular complexity index is 1000. The van der Waals surface area contributed by atoms with Crippen molar-refractivity contribution in [2.45, 2.75) is 51.7 Å². The fraction of sp³-hybridized carbons (Fsp3) is 0.556. The van der Waals surface area contributed by atoms with Crippen LogP contribution in [-0.4, -0.2) is 67.7 Å². The van der Waals surface area contributed by atoms with E-state index in [1.54, 1.807) is 23.3 Å². The lowest BCUT2D eigenvalue weighted by Crippen LogP contribution is -2.49. The summed E-state index contributed by atoms with van der Waals surface area (Å²) < 4.78 is 17.4. The quantitative estimate of drug-likeness (QED) is 0.486. The van der Waals surface area contributed by atoms with Crippen LogP contribution in [0.25, 0.3) is 0 Å². The van der Waals surface area contributed by atoms with Crippen LogP contribution in [0.2, 0.25) is 0 Å². The Morgan fingerprint density at radius 2 is 2.03 bits per heavy atom. The van der Waals surface area contributed by atoms with Crippen molar-refractivity contribution in [3.63, 3.8) is 0 Å². The van der Waals surface area contributed by atoms with Crippen molar-refractivity contribution >= 4 is 23.2 Å². The predicted molar refractivity (Wildman–Crippen MR) is 136 cm³/mol. The van der Waals surface area contributed by atoms with Crippen molar-refractivity contribution in [3.8, 4) is 11.5 Å². The van der Waals surface area contributed by atoms with E-state index in [1.807, 2.05) is 43.0 Å². The molecule has 35 heavy (non-hydrogen) atoms. The first-order valence-corrected chi connectivity index (χ1v) is 13.3. The Hall–Kier alpha value is -2.58. The van der Waals surface area contributed by atoms with Crippen LogP contribution in [0.1, 0.15) is 49.6 Å². The normalized spacial score (nSPS) is 19.5. The Labute approximate surface area is 212 Å². The first-order chi connectivity index (χ1) is 17.0. The van der Waals surface area contributed by atoms with Crippen LogP contribution >= 0.6 is 11.3 Å². The molecule has 1 saturated heterocycles. The number of carbonyl (C=O) groups excluding carboxylic acids is 2. The first-order valence-electron chi connectivity index (χ1n) is 12.5. The SMILES string of the molecule is COc1ccccc1OC[C@@H]1c2ccsc2CCN1C(=O)CN(C[C@H]1CCCO1)C(=O)CC(C)C. The number of ether oxygens (including phenoxy) is 3. The standard InChI is InChI=1S/C27H36N2O5S/c1-19(2)15-26(30)28(16-20-7-6-13-33-20)17-27(31)29-12-10-25-21(11-14-35-25)22(29)18-34-24-9-5-4-8-23(24)32-3/h4-5,8-9,11,14,19-20,22H,6-7,10,12-13,15-18H2,1-3H3/t20-,22-/m1/s1. The van der Waals surface area contributed by atoms with Gasteiger partial charge < -0.3 is 24.0 Å². The van der Waals surface area contributed by atoms with E-state index in [1.165, 1.54) is 4.88 Å². The molecule has 0 radical (unpaired) electrons. The summed E-state index contributed by atoms with van der Waals surface area (Å²) in [6, 6.07) is 9.40. The number of thiophene rings is 1. The molecule has 0 bridgehead atoms. The van der Waals surface area contributed by atoms with E-state index in [2.05, 4.69) is 11.4 Å². The summed E-state index contributed by atoms with van der Waals surface area (Å²) in [7, 11) is 1.62. The van der Waals surface area contributed by atoms with Crippen molar-refractivity contribution in [2.75, 3.05) is 40.0 Å². The van der Waals surface area contributed by atoms with Crippen LogP contribution in [0.3, 0.4) is 0 Å². The lowest BCUT2D eigenvalue weighted by molar-refractivity contribution is -0.144. The van der Waals surface area contributed by atoms with Gasteiger partial charge in [-0.2, -0.15) is 0 Å². The predicted octanol–water partition coefficient (Wildman–Crippen LogP) is 4.32. The van der Waals surface area contributed by atoms with Gasteiger partial charge in [0.25, 0.3) is 0 Å². The van der Waals surface area contributed by atoms with Crippen LogP contribution < -0.4 is 9.47 Å². The number of para-hydroxylation sites is 2. The number of fused-ring (bicyclic) bond motifs is 1. The molecule has 1 aromatic carbocycles. The molecule has 0 saturated carbocycles. The average Bonchev–Trinajstić information content (AvgIpc) is 3.53. The Kier molecular flexibility index (Phi) is 8.68. The average molecular weight is 501 g/mol. The lowest BCUT2D eigenvalue weighted by atomic mass is 10.00. The maximum absolute atomic E-state index is 13.7. The number of hydrogen-bond donors (Lipinski definition) is 0. The lowest BCUT2D eigenvalue weighted by Gasteiger charge is -2.37. The van der Waals surface area contributed by atoms with Crippen molar-refractivity contribution in [1.82, 2.24) is 9.80 Å². The van der Waals surface area contributed by atoms with Crippen molar-refractivity contribution in [3.05, 3.63) is 46.2 Å². The minimum Gasteiger partial charge on any atom is -0.493 e. The third-order valence-corrected chi connectivity index (χ3v) is 7.59. The molecule has 0 N–H and O–H groups in total. The molecule has 2 aliphatic rings. The number of hydrogen-bond acceptors (Lipinski definition) is 6. The molecule has 2 atom stereocenters. The number of nitrogens with zero attached hydrogens (tertiary/aromatic N) is 2. The smallest absolute Gasteiger partial charge is 0.242 e. The molecule has 3 heterocycles. The molecule has 7 nitrogen and oxygen atoms in total. The Morgan fingerprint density at radius 3 is 2.74 bits per heavy atom. The molecule has 0 unspecified atom stereocenters. The van der Waals surface area contributed by atoms with Gasteiger partial charge in [-0.05, 0) is 54.3 Å². The second-order valence-electron chi connectivity index (χ2n) is 9.62. The first kappa shape index (κ1) is 25.5. The molecule has 1 aromatic heterocycles. The van der Waals surface area contributed by atoms with Crippen molar-refractivity contribution in [2.24, 2.45) is 5.92 Å². The topological polar surface area (TPSA) is 68.3 Å². The van der Waals surface area contributed by atoms with Gasteiger partial charge >= 0.3 is 0 Å². The minimum absolute atomic E-state index is 0.00780. The molecule has 2 aliphatic heterocycles. The summed E-state index contributed by atoms with van der Waals surface area (Å²) >= 11 is 1.72. The van der Waals surface area contributed by atoms with Gasteiger partial charge in [0.05, 0.1) is 25.8 Å². The number of carbonyl (C=O) groups is 2. The molecule has 8 heteroatoms. The third kappa shape index (κ3) is 6.35. The van der Waals surface area contributed by atoms with E-state index in [-0.39, 0.29) is 36.4 Å². The van der Waals surface area contributed by atoms with Gasteiger partial charge in [-0.1, -0.05) is 26.0 Å². The number of rotatable bonds is 10. The van der Waals surface area contributed by atoms with Gasteiger partial charge in [-0.25, -0.2) is 0 Å². The third-order valence-electron chi connectivity index (χ3n) is 6.59. The molecule has 0 spiro atoms. The molecular weight excluding hydrogens is 464 g/mol. The molecule has 0 aliphatic carbocycles. The van der Waals surface area contributed by atoms with Gasteiger partial charge in [-0.3, -0.25) is 9.59 Å². The molecule has 190 valence electrons. The van der Waals surface area contributed by atoms with Gasteiger partial charge in [0.2, 0.25) is 11.8 Å². The largest absolute Gasteiger partial charge is 0.493 e. The van der Waals surface area contributed by atoms with Crippen LogP contribution in [-0.2, 0) is 20.7 Å². The Morgan fingerprint density at radius 1 is 1.23 bits per heavy atom. The van der Waals surface area contributed by atoms with Crippen molar-refractivity contribution < 1.29 is 23.8 Å². The summed E-state index contributed by atoms with van der Waals surface area (Å²) in [5.41, 5.74) is 1.13. The van der Waals surface area contributed by atoms with Crippen LogP contribution in [0, 0.1) is 5.92 Å². The zero-order valence-electron chi connectivity index (χ0n) is 20.9. The van der Waals surface area contributed by atoms with E-state index in [0.717, 1.165) is 31.4 Å². The number of amides is 2. The zero-order chi connectivity index (χ0) is 24.8. The zero-order valence-corrected chi connectivity index (χ0v) is 21.7. The summed E-state index contributed by atoms with van der Waals surface area (Å²) in [5, 5.41) is 2.07. The van der Waals surface area contributed by atoms with E-state index < -0.39 is 0 Å². The summed E-state index contributed by atoms with van der Waals surface area (Å²) in [5.74, 6) is 1.50. The second-order valence-corrected chi connectivity index (χ2v) is 10.6.